The highest BCUT2D eigenvalue weighted by Gasteiger charge is 2.42. The first-order valence-corrected chi connectivity index (χ1v) is 8.99. The molecule has 2 amide bonds. The number of rotatable bonds is 4. The molecule has 2 aliphatic rings. The molecule has 1 saturated carbocycles. The summed E-state index contributed by atoms with van der Waals surface area (Å²) in [6.45, 7) is 2.93. The van der Waals surface area contributed by atoms with Crippen LogP contribution in [0.15, 0.2) is 24.3 Å². The molecule has 0 N–H and O–H groups in total. The number of carbonyl (C=O) groups excluding carboxylic acids is 2. The summed E-state index contributed by atoms with van der Waals surface area (Å²) in [5.41, 5.74) is 2.46. The van der Waals surface area contributed by atoms with Crippen LogP contribution < -0.4 is 0 Å². The molecule has 4 nitrogen and oxygen atoms in total. The van der Waals surface area contributed by atoms with E-state index in [2.05, 4.69) is 31.2 Å². The molecule has 3 rings (SSSR count). The average molecular weight is 328 g/mol. The van der Waals surface area contributed by atoms with Gasteiger partial charge in [0.15, 0.2) is 0 Å². The molecular formula is C20H28N2O2. The molecule has 0 radical (unpaired) electrons. The molecule has 2 fully saturated rings. The Bertz CT molecular complexity index is 611. The lowest BCUT2D eigenvalue weighted by atomic mass is 9.88. The van der Waals surface area contributed by atoms with Crippen molar-refractivity contribution in [2.45, 2.75) is 45.1 Å². The maximum absolute atomic E-state index is 12.6. The van der Waals surface area contributed by atoms with Crippen LogP contribution in [0.3, 0.4) is 0 Å². The molecule has 24 heavy (non-hydrogen) atoms. The molecule has 1 aromatic rings. The predicted molar refractivity (Wildman–Crippen MR) is 94.5 cm³/mol. The van der Waals surface area contributed by atoms with Gasteiger partial charge in [-0.15, -0.1) is 0 Å². The van der Waals surface area contributed by atoms with Gasteiger partial charge in [-0.2, -0.15) is 0 Å². The van der Waals surface area contributed by atoms with Crippen LogP contribution >= 0.6 is 0 Å². The van der Waals surface area contributed by atoms with Crippen LogP contribution in [0.1, 0.15) is 36.8 Å². The fourth-order valence-electron chi connectivity index (χ4n) is 4.19. The number of hydrogen-bond acceptors (Lipinski definition) is 2. The van der Waals surface area contributed by atoms with Crippen LogP contribution in [-0.4, -0.2) is 48.3 Å². The second kappa shape index (κ2) is 6.96. The topological polar surface area (TPSA) is 40.6 Å². The summed E-state index contributed by atoms with van der Waals surface area (Å²) < 4.78 is 0. The van der Waals surface area contributed by atoms with E-state index in [-0.39, 0.29) is 11.8 Å². The summed E-state index contributed by atoms with van der Waals surface area (Å²) in [6, 6.07) is 8.70. The lowest BCUT2D eigenvalue weighted by Crippen LogP contribution is -2.39. The number of hydrogen-bond donors (Lipinski definition) is 0. The van der Waals surface area contributed by atoms with E-state index in [1.54, 1.807) is 0 Å². The van der Waals surface area contributed by atoms with E-state index >= 15 is 0 Å². The fraction of sp³-hybridized carbons (Fsp3) is 0.600. The quantitative estimate of drug-likeness (QED) is 0.852. The second-order valence-corrected chi connectivity index (χ2v) is 7.61. The third kappa shape index (κ3) is 3.63. The summed E-state index contributed by atoms with van der Waals surface area (Å²) in [5.74, 6) is 1.50. The van der Waals surface area contributed by atoms with Gasteiger partial charge in [0.1, 0.15) is 0 Å². The molecule has 1 aromatic carbocycles. The van der Waals surface area contributed by atoms with Gasteiger partial charge in [0.2, 0.25) is 11.8 Å². The van der Waals surface area contributed by atoms with Crippen molar-refractivity contribution in [1.82, 2.24) is 9.80 Å². The molecule has 1 saturated heterocycles. The molecule has 0 bridgehead atoms. The van der Waals surface area contributed by atoms with E-state index in [9.17, 15) is 9.59 Å². The van der Waals surface area contributed by atoms with Crippen molar-refractivity contribution in [3.8, 4) is 0 Å². The van der Waals surface area contributed by atoms with E-state index in [1.807, 2.05) is 23.9 Å². The van der Waals surface area contributed by atoms with Crippen molar-refractivity contribution in [3.05, 3.63) is 35.4 Å². The van der Waals surface area contributed by atoms with Crippen LogP contribution in [0.4, 0.5) is 0 Å². The third-order valence-corrected chi connectivity index (χ3v) is 5.88. The SMILES string of the molecule is Cc1ccc(CCC(=O)N(C)[C@@H]2C[C@@H]3CC(=O)N(C)C[C@@H]3C2)cc1. The summed E-state index contributed by atoms with van der Waals surface area (Å²) in [5, 5.41) is 0. The van der Waals surface area contributed by atoms with Crippen molar-refractivity contribution >= 4 is 11.8 Å². The van der Waals surface area contributed by atoms with Crippen LogP contribution in [0.25, 0.3) is 0 Å². The van der Waals surface area contributed by atoms with Crippen molar-refractivity contribution < 1.29 is 9.59 Å². The Morgan fingerprint density at radius 3 is 2.58 bits per heavy atom. The Kier molecular flexibility index (Phi) is 4.93. The molecule has 1 aliphatic carbocycles. The van der Waals surface area contributed by atoms with E-state index in [1.165, 1.54) is 11.1 Å². The van der Waals surface area contributed by atoms with Crippen LogP contribution in [0, 0.1) is 18.8 Å². The first-order valence-electron chi connectivity index (χ1n) is 8.99. The summed E-state index contributed by atoms with van der Waals surface area (Å²) in [7, 11) is 3.83. The second-order valence-electron chi connectivity index (χ2n) is 7.61. The zero-order chi connectivity index (χ0) is 17.3. The standard InChI is InChI=1S/C20H28N2O2/c1-14-4-6-15(7-5-14)8-9-19(23)22(3)18-10-16-12-20(24)21(2)13-17(16)11-18/h4-7,16-18H,8-13H2,1-3H3/t16-,17+,18-/m1/s1. The number of likely N-dealkylation sites (tertiary alicyclic amines) is 1. The maximum Gasteiger partial charge on any atom is 0.222 e. The highest BCUT2D eigenvalue weighted by Crippen LogP contribution is 2.40. The predicted octanol–water partition coefficient (Wildman–Crippen LogP) is 2.64. The lowest BCUT2D eigenvalue weighted by Gasteiger charge is -2.31. The number of nitrogens with zero attached hydrogens (tertiary/aromatic N) is 2. The van der Waals surface area contributed by atoms with Gasteiger partial charge < -0.3 is 9.80 Å². The largest absolute Gasteiger partial charge is 0.345 e. The number of benzene rings is 1. The number of piperidine rings is 1. The highest BCUT2D eigenvalue weighted by molar-refractivity contribution is 5.78. The molecule has 1 heterocycles. The first kappa shape index (κ1) is 17.0. The minimum atomic E-state index is 0.221. The number of amides is 2. The van der Waals surface area contributed by atoms with Crippen molar-refractivity contribution in [1.29, 1.82) is 0 Å². The fourth-order valence-corrected chi connectivity index (χ4v) is 4.19. The number of carbonyl (C=O) groups is 2. The van der Waals surface area contributed by atoms with E-state index < -0.39 is 0 Å². The number of aryl methyl sites for hydroxylation is 2. The van der Waals surface area contributed by atoms with Crippen molar-refractivity contribution in [3.63, 3.8) is 0 Å². The Morgan fingerprint density at radius 2 is 1.88 bits per heavy atom. The van der Waals surface area contributed by atoms with Gasteiger partial charge in [0, 0.05) is 39.5 Å². The molecule has 0 aromatic heterocycles. The average Bonchev–Trinajstić information content (AvgIpc) is 2.96. The normalized spacial score (nSPS) is 26.4. The van der Waals surface area contributed by atoms with Crippen molar-refractivity contribution in [2.75, 3.05) is 20.6 Å². The van der Waals surface area contributed by atoms with E-state index in [4.69, 9.17) is 0 Å². The van der Waals surface area contributed by atoms with Crippen LogP contribution in [-0.2, 0) is 16.0 Å². The van der Waals surface area contributed by atoms with Gasteiger partial charge in [-0.3, -0.25) is 9.59 Å². The Balaban J connectivity index is 1.52. The summed E-state index contributed by atoms with van der Waals surface area (Å²) in [6.07, 6.45) is 4.03. The summed E-state index contributed by atoms with van der Waals surface area (Å²) >= 11 is 0. The van der Waals surface area contributed by atoms with Crippen molar-refractivity contribution in [2.24, 2.45) is 11.8 Å². The minimum absolute atomic E-state index is 0.221. The highest BCUT2D eigenvalue weighted by atomic mass is 16.2. The van der Waals surface area contributed by atoms with Gasteiger partial charge in [-0.1, -0.05) is 29.8 Å². The maximum atomic E-state index is 12.6. The van der Waals surface area contributed by atoms with Gasteiger partial charge >= 0.3 is 0 Å². The molecular weight excluding hydrogens is 300 g/mol. The zero-order valence-corrected chi connectivity index (χ0v) is 15.0. The van der Waals surface area contributed by atoms with Gasteiger partial charge in [-0.25, -0.2) is 0 Å². The molecule has 0 spiro atoms. The molecule has 1 aliphatic heterocycles. The Labute approximate surface area is 144 Å². The van der Waals surface area contributed by atoms with E-state index in [0.717, 1.165) is 25.8 Å². The minimum Gasteiger partial charge on any atom is -0.345 e. The first-order chi connectivity index (χ1) is 11.4. The molecule has 3 atom stereocenters. The molecule has 4 heteroatoms. The molecule has 130 valence electrons. The Morgan fingerprint density at radius 1 is 1.21 bits per heavy atom. The lowest BCUT2D eigenvalue weighted by molar-refractivity contribution is -0.135. The van der Waals surface area contributed by atoms with Crippen LogP contribution in [0.5, 0.6) is 0 Å². The van der Waals surface area contributed by atoms with E-state index in [0.29, 0.717) is 30.7 Å². The van der Waals surface area contributed by atoms with Gasteiger partial charge in [-0.05, 0) is 43.6 Å². The molecule has 0 unspecified atom stereocenters. The van der Waals surface area contributed by atoms with Gasteiger partial charge in [0.05, 0.1) is 0 Å². The monoisotopic (exact) mass is 328 g/mol. The Hall–Kier alpha value is -1.84. The smallest absolute Gasteiger partial charge is 0.222 e. The number of fused-ring (bicyclic) bond motifs is 1. The summed E-state index contributed by atoms with van der Waals surface area (Å²) in [4.78, 5) is 28.2. The van der Waals surface area contributed by atoms with Gasteiger partial charge in [0.25, 0.3) is 0 Å². The zero-order valence-electron chi connectivity index (χ0n) is 15.0. The third-order valence-electron chi connectivity index (χ3n) is 5.88. The van der Waals surface area contributed by atoms with Crippen LogP contribution in [0.2, 0.25) is 0 Å².